The van der Waals surface area contributed by atoms with Crippen LogP contribution in [0.3, 0.4) is 0 Å². The molecule has 0 atom stereocenters. The van der Waals surface area contributed by atoms with E-state index in [0.717, 1.165) is 0 Å². The van der Waals surface area contributed by atoms with Crippen LogP contribution in [0.1, 0.15) is 11.2 Å². The number of nitrogens with zero attached hydrogens (tertiary/aromatic N) is 1. The minimum absolute atomic E-state index is 0.0175. The summed E-state index contributed by atoms with van der Waals surface area (Å²) in [5.41, 5.74) is -0.0949. The maximum absolute atomic E-state index is 7.11. The Labute approximate surface area is 55.7 Å². The van der Waals surface area contributed by atoms with Gasteiger partial charge >= 0.3 is 0 Å². The van der Waals surface area contributed by atoms with E-state index in [1.165, 1.54) is 0 Å². The lowest BCUT2D eigenvalue weighted by molar-refractivity contribution is 1.05. The topological polar surface area (TPSA) is 28.7 Å². The zero-order chi connectivity index (χ0) is 8.65. The molecular weight excluding hydrogens is 156 g/mol. The quantitative estimate of drug-likeness (QED) is 0.619. The predicted molar refractivity (Wildman–Crippen MR) is 31.0 cm³/mol. The van der Waals surface area contributed by atoms with Crippen LogP contribution in [0.4, 0.5) is 0 Å². The highest BCUT2D eigenvalue weighted by atomic mass is 79.9. The molecule has 0 saturated carbocycles. The second-order valence-corrected chi connectivity index (χ2v) is 1.80. The van der Waals surface area contributed by atoms with Crippen molar-refractivity contribution in [3.05, 3.63) is 16.3 Å². The second kappa shape index (κ2) is 1.66. The van der Waals surface area contributed by atoms with Crippen LogP contribution in [0.5, 0.6) is 0 Å². The van der Waals surface area contributed by atoms with Crippen LogP contribution in [0, 0.1) is 6.85 Å². The number of aromatic amines is 1. The molecule has 3 heteroatoms. The number of aryl methyl sites for hydroxylation is 1. The third kappa shape index (κ3) is 0.825. The van der Waals surface area contributed by atoms with Crippen molar-refractivity contribution in [2.45, 2.75) is 6.85 Å². The van der Waals surface area contributed by atoms with Crippen molar-refractivity contribution in [2.75, 3.05) is 0 Å². The lowest BCUT2D eigenvalue weighted by atomic mass is 10.5. The largest absolute Gasteiger partial charge is 0.284 e. The molecule has 1 aromatic heterocycles. The fourth-order valence-electron chi connectivity index (χ4n) is 0.241. The Balaban J connectivity index is 3.15. The van der Waals surface area contributed by atoms with Crippen molar-refractivity contribution in [1.82, 2.24) is 10.2 Å². The van der Waals surface area contributed by atoms with Gasteiger partial charge in [0.15, 0.2) is 0 Å². The summed E-state index contributed by atoms with van der Waals surface area (Å²) in [6, 6.07) is 0. The zero-order valence-corrected chi connectivity index (χ0v) is 4.91. The van der Waals surface area contributed by atoms with E-state index < -0.39 is 6.85 Å². The first-order valence-corrected chi connectivity index (χ1v) is 2.43. The molecule has 1 rings (SSSR count). The van der Waals surface area contributed by atoms with Crippen LogP contribution >= 0.6 is 15.9 Å². The number of H-pyrrole nitrogens is 1. The standard InChI is InChI=1S/C4H5BrN2/c1-3-4(5)2-6-7-3/h2H,1H3,(H,6,7)/i1D3,2D. The van der Waals surface area contributed by atoms with Gasteiger partial charge in [-0.1, -0.05) is 0 Å². The molecule has 0 aliphatic rings. The third-order valence-corrected chi connectivity index (χ3v) is 1.12. The number of hydrogen-bond acceptors (Lipinski definition) is 1. The number of halogens is 1. The van der Waals surface area contributed by atoms with Gasteiger partial charge in [-0.2, -0.15) is 5.10 Å². The van der Waals surface area contributed by atoms with Crippen molar-refractivity contribution in [2.24, 2.45) is 0 Å². The molecular formula is C4H5BrN2. The molecule has 0 unspecified atom stereocenters. The first-order chi connectivity index (χ1) is 4.93. The predicted octanol–water partition coefficient (Wildman–Crippen LogP) is 1.48. The Kier molecular flexibility index (Phi) is 0.449. The van der Waals surface area contributed by atoms with Gasteiger partial charge in [-0.15, -0.1) is 0 Å². The summed E-state index contributed by atoms with van der Waals surface area (Å²) in [7, 11) is 0. The van der Waals surface area contributed by atoms with Crippen molar-refractivity contribution in [3.63, 3.8) is 0 Å². The lowest BCUT2D eigenvalue weighted by Gasteiger charge is -1.74. The number of aromatic nitrogens is 2. The number of nitrogens with one attached hydrogen (secondary N) is 1. The van der Waals surface area contributed by atoms with E-state index in [1.54, 1.807) is 0 Å². The molecule has 0 aromatic carbocycles. The maximum atomic E-state index is 7.11. The van der Waals surface area contributed by atoms with Gasteiger partial charge in [-0.25, -0.2) is 0 Å². The summed E-state index contributed by atoms with van der Waals surface area (Å²) in [4.78, 5) is 0. The van der Waals surface area contributed by atoms with Crippen LogP contribution < -0.4 is 0 Å². The van der Waals surface area contributed by atoms with Crippen LogP contribution in [-0.2, 0) is 0 Å². The Hall–Kier alpha value is -0.310. The molecule has 0 aliphatic heterocycles. The van der Waals surface area contributed by atoms with E-state index in [-0.39, 0.29) is 16.3 Å². The fourth-order valence-corrected chi connectivity index (χ4v) is 0.419. The maximum Gasteiger partial charge on any atom is 0.0846 e. The van der Waals surface area contributed by atoms with Crippen molar-refractivity contribution >= 4 is 15.9 Å². The van der Waals surface area contributed by atoms with Crippen LogP contribution in [0.2, 0.25) is 0 Å². The van der Waals surface area contributed by atoms with Gasteiger partial charge in [-0.3, -0.25) is 5.10 Å². The van der Waals surface area contributed by atoms with Crippen molar-refractivity contribution in [1.29, 1.82) is 0 Å². The molecule has 0 aliphatic carbocycles. The third-order valence-electron chi connectivity index (χ3n) is 0.541. The highest BCUT2D eigenvalue weighted by molar-refractivity contribution is 9.10. The smallest absolute Gasteiger partial charge is 0.0846 e. The van der Waals surface area contributed by atoms with E-state index in [1.807, 2.05) is 0 Å². The lowest BCUT2D eigenvalue weighted by Crippen LogP contribution is -1.67. The molecule has 0 amide bonds. The first kappa shape index (κ1) is 1.90. The van der Waals surface area contributed by atoms with E-state index in [4.69, 9.17) is 5.48 Å². The average Bonchev–Trinajstić information content (AvgIpc) is 2.11. The normalized spacial score (nSPS) is 19.6. The molecule has 0 bridgehead atoms. The summed E-state index contributed by atoms with van der Waals surface area (Å²) in [5, 5.41) is 5.72. The highest BCUT2D eigenvalue weighted by Crippen LogP contribution is 2.09. The van der Waals surface area contributed by atoms with Gasteiger partial charge in [0, 0.05) is 10.3 Å². The number of hydrogen-bond donors (Lipinski definition) is 1. The summed E-state index contributed by atoms with van der Waals surface area (Å²) in [5.74, 6) is 0. The van der Waals surface area contributed by atoms with E-state index >= 15 is 0 Å². The van der Waals surface area contributed by atoms with Gasteiger partial charge < -0.3 is 0 Å². The summed E-state index contributed by atoms with van der Waals surface area (Å²) in [6.45, 7) is -2.26. The van der Waals surface area contributed by atoms with Gasteiger partial charge in [0.25, 0.3) is 0 Å². The molecule has 2 nitrogen and oxygen atoms in total. The SMILES string of the molecule is [2H]c1[nH]nc(C([2H])([2H])[2H])c1Br. The van der Waals surface area contributed by atoms with E-state index in [2.05, 4.69) is 26.1 Å². The summed E-state index contributed by atoms with van der Waals surface area (Å²) in [6.07, 6.45) is -0.0175. The van der Waals surface area contributed by atoms with Crippen molar-refractivity contribution < 1.29 is 5.48 Å². The number of rotatable bonds is 0. The summed E-state index contributed by atoms with van der Waals surface area (Å²) >= 11 is 2.94. The zero-order valence-electron chi connectivity index (χ0n) is 7.33. The Morgan fingerprint density at radius 2 is 3.14 bits per heavy atom. The second-order valence-electron chi connectivity index (χ2n) is 1.01. The molecule has 0 radical (unpaired) electrons. The Morgan fingerprint density at radius 3 is 3.43 bits per heavy atom. The van der Waals surface area contributed by atoms with E-state index in [9.17, 15) is 0 Å². The van der Waals surface area contributed by atoms with Crippen LogP contribution in [0.25, 0.3) is 0 Å². The molecule has 0 spiro atoms. The highest BCUT2D eigenvalue weighted by Gasteiger charge is 1.90. The molecule has 1 heterocycles. The minimum atomic E-state index is -2.26. The molecule has 38 valence electrons. The first-order valence-electron chi connectivity index (χ1n) is 3.64. The van der Waals surface area contributed by atoms with Crippen LogP contribution in [-0.4, -0.2) is 10.2 Å². The van der Waals surface area contributed by atoms with Crippen molar-refractivity contribution in [3.8, 4) is 0 Å². The van der Waals surface area contributed by atoms with Gasteiger partial charge in [0.2, 0.25) is 0 Å². The fraction of sp³-hybridized carbons (Fsp3) is 0.250. The van der Waals surface area contributed by atoms with Crippen LogP contribution in [0.15, 0.2) is 10.6 Å². The van der Waals surface area contributed by atoms with Gasteiger partial charge in [0.05, 0.1) is 11.5 Å². The van der Waals surface area contributed by atoms with Gasteiger partial charge in [0.1, 0.15) is 0 Å². The summed E-state index contributed by atoms with van der Waals surface area (Å²) < 4.78 is 28.2. The monoisotopic (exact) mass is 164 g/mol. The molecule has 7 heavy (non-hydrogen) atoms. The molecule has 1 N–H and O–H groups in total. The minimum Gasteiger partial charge on any atom is -0.284 e. The molecule has 1 aromatic rings. The Bertz CT molecular complexity index is 266. The Morgan fingerprint density at radius 1 is 2.29 bits per heavy atom. The molecule has 0 fully saturated rings. The average molecular weight is 165 g/mol. The van der Waals surface area contributed by atoms with E-state index in [0.29, 0.717) is 0 Å². The van der Waals surface area contributed by atoms with Gasteiger partial charge in [-0.05, 0) is 22.8 Å². The molecule has 0 saturated heterocycles.